The van der Waals surface area contributed by atoms with Crippen LogP contribution in [0.3, 0.4) is 0 Å². The molecule has 1 aliphatic rings. The SMILES string of the molecule is CCN(c1ccc(C(=O)N2CCN(c3cccc(Cl)c3)CC2)cc1)S(=O)(=O)c1ccc(SC)cc1. The molecule has 0 unspecified atom stereocenters. The fraction of sp³-hybridized carbons (Fsp3) is 0.269. The molecule has 1 fully saturated rings. The highest BCUT2D eigenvalue weighted by atomic mass is 35.5. The number of rotatable bonds is 7. The predicted molar refractivity (Wildman–Crippen MR) is 144 cm³/mol. The number of thioether (sulfide) groups is 1. The molecule has 0 saturated carbocycles. The van der Waals surface area contributed by atoms with Gasteiger partial charge in [0.05, 0.1) is 10.6 Å². The molecule has 6 nitrogen and oxygen atoms in total. The van der Waals surface area contributed by atoms with Crippen molar-refractivity contribution >= 4 is 50.7 Å². The molecule has 0 N–H and O–H groups in total. The molecule has 184 valence electrons. The fourth-order valence-corrected chi connectivity index (χ4v) is 6.23. The molecule has 35 heavy (non-hydrogen) atoms. The topological polar surface area (TPSA) is 60.9 Å². The van der Waals surface area contributed by atoms with E-state index in [1.54, 1.807) is 67.2 Å². The number of halogens is 1. The van der Waals surface area contributed by atoms with Crippen LogP contribution in [0.25, 0.3) is 0 Å². The second kappa shape index (κ2) is 10.9. The monoisotopic (exact) mass is 529 g/mol. The van der Waals surface area contributed by atoms with Crippen LogP contribution in [0.4, 0.5) is 11.4 Å². The largest absolute Gasteiger partial charge is 0.368 e. The van der Waals surface area contributed by atoms with E-state index in [1.807, 2.05) is 35.4 Å². The van der Waals surface area contributed by atoms with Crippen LogP contribution in [-0.4, -0.2) is 58.2 Å². The molecule has 3 aromatic rings. The maximum Gasteiger partial charge on any atom is 0.264 e. The first-order chi connectivity index (χ1) is 16.8. The van der Waals surface area contributed by atoms with Gasteiger partial charge in [-0.2, -0.15) is 0 Å². The van der Waals surface area contributed by atoms with E-state index in [0.717, 1.165) is 23.7 Å². The third-order valence-electron chi connectivity index (χ3n) is 6.08. The van der Waals surface area contributed by atoms with Crippen molar-refractivity contribution in [1.29, 1.82) is 0 Å². The highest BCUT2D eigenvalue weighted by molar-refractivity contribution is 7.98. The van der Waals surface area contributed by atoms with Crippen molar-refractivity contribution in [1.82, 2.24) is 4.90 Å². The molecule has 1 saturated heterocycles. The van der Waals surface area contributed by atoms with E-state index in [9.17, 15) is 13.2 Å². The number of carbonyl (C=O) groups excluding carboxylic acids is 1. The van der Waals surface area contributed by atoms with Gasteiger partial charge in [-0.15, -0.1) is 11.8 Å². The Morgan fingerprint density at radius 2 is 1.63 bits per heavy atom. The maximum absolute atomic E-state index is 13.2. The molecular formula is C26H28ClN3O3S2. The molecule has 4 rings (SSSR count). The van der Waals surface area contributed by atoms with E-state index in [-0.39, 0.29) is 17.3 Å². The Hall–Kier alpha value is -2.68. The molecule has 1 amide bonds. The molecule has 0 atom stereocenters. The van der Waals surface area contributed by atoms with Crippen molar-refractivity contribution in [2.45, 2.75) is 16.7 Å². The van der Waals surface area contributed by atoms with Crippen LogP contribution in [0.5, 0.6) is 0 Å². The maximum atomic E-state index is 13.2. The van der Waals surface area contributed by atoms with E-state index < -0.39 is 10.0 Å². The minimum Gasteiger partial charge on any atom is -0.368 e. The zero-order chi connectivity index (χ0) is 25.0. The van der Waals surface area contributed by atoms with Crippen LogP contribution in [0.2, 0.25) is 5.02 Å². The van der Waals surface area contributed by atoms with Gasteiger partial charge in [-0.3, -0.25) is 9.10 Å². The van der Waals surface area contributed by atoms with Crippen molar-refractivity contribution < 1.29 is 13.2 Å². The van der Waals surface area contributed by atoms with Gasteiger partial charge in [-0.1, -0.05) is 17.7 Å². The lowest BCUT2D eigenvalue weighted by atomic mass is 10.1. The first-order valence-electron chi connectivity index (χ1n) is 11.4. The van der Waals surface area contributed by atoms with E-state index in [4.69, 9.17) is 11.6 Å². The van der Waals surface area contributed by atoms with Gasteiger partial charge in [0.15, 0.2) is 0 Å². The number of hydrogen-bond donors (Lipinski definition) is 0. The number of carbonyl (C=O) groups is 1. The summed E-state index contributed by atoms with van der Waals surface area (Å²) in [4.78, 5) is 18.4. The zero-order valence-corrected chi connectivity index (χ0v) is 22.1. The first-order valence-corrected chi connectivity index (χ1v) is 14.4. The fourth-order valence-electron chi connectivity index (χ4n) is 4.16. The van der Waals surface area contributed by atoms with Gasteiger partial charge in [-0.05, 0) is 79.9 Å². The summed E-state index contributed by atoms with van der Waals surface area (Å²) in [6, 6.07) is 21.4. The third kappa shape index (κ3) is 5.60. The summed E-state index contributed by atoms with van der Waals surface area (Å²) in [6.07, 6.45) is 1.95. The smallest absolute Gasteiger partial charge is 0.264 e. The molecule has 1 heterocycles. The molecule has 0 aliphatic carbocycles. The van der Waals surface area contributed by atoms with Crippen molar-refractivity contribution in [2.24, 2.45) is 0 Å². The Morgan fingerprint density at radius 1 is 0.971 bits per heavy atom. The predicted octanol–water partition coefficient (Wildman–Crippen LogP) is 5.24. The Morgan fingerprint density at radius 3 is 2.20 bits per heavy atom. The molecule has 1 aliphatic heterocycles. The summed E-state index contributed by atoms with van der Waals surface area (Å²) in [5.41, 5.74) is 2.13. The van der Waals surface area contributed by atoms with E-state index in [0.29, 0.717) is 29.4 Å². The van der Waals surface area contributed by atoms with Gasteiger partial charge in [0, 0.05) is 53.9 Å². The Labute approximate surface area is 216 Å². The van der Waals surface area contributed by atoms with Crippen LogP contribution < -0.4 is 9.21 Å². The quantitative estimate of drug-likeness (QED) is 0.392. The molecule has 9 heteroatoms. The minimum absolute atomic E-state index is 0.0548. The van der Waals surface area contributed by atoms with Crippen LogP contribution in [0, 0.1) is 0 Å². The lowest BCUT2D eigenvalue weighted by molar-refractivity contribution is 0.0747. The van der Waals surface area contributed by atoms with E-state index in [1.165, 1.54) is 4.31 Å². The van der Waals surface area contributed by atoms with Gasteiger partial charge in [0.1, 0.15) is 0 Å². The number of nitrogens with zero attached hydrogens (tertiary/aromatic N) is 3. The van der Waals surface area contributed by atoms with Crippen LogP contribution >= 0.6 is 23.4 Å². The summed E-state index contributed by atoms with van der Waals surface area (Å²) in [5.74, 6) is -0.0548. The lowest BCUT2D eigenvalue weighted by Crippen LogP contribution is -2.48. The first kappa shape index (κ1) is 25.4. The minimum atomic E-state index is -3.70. The molecule has 0 aromatic heterocycles. The number of amides is 1. The van der Waals surface area contributed by atoms with Gasteiger partial charge < -0.3 is 9.80 Å². The summed E-state index contributed by atoms with van der Waals surface area (Å²) in [7, 11) is -3.70. The summed E-state index contributed by atoms with van der Waals surface area (Å²) >= 11 is 7.67. The van der Waals surface area contributed by atoms with Crippen molar-refractivity contribution in [3.63, 3.8) is 0 Å². The van der Waals surface area contributed by atoms with Gasteiger partial charge in [0.25, 0.3) is 15.9 Å². The highest BCUT2D eigenvalue weighted by Crippen LogP contribution is 2.26. The Kier molecular flexibility index (Phi) is 7.94. The molecule has 0 spiro atoms. The highest BCUT2D eigenvalue weighted by Gasteiger charge is 2.25. The van der Waals surface area contributed by atoms with Crippen molar-refractivity contribution in [3.05, 3.63) is 83.4 Å². The van der Waals surface area contributed by atoms with Crippen molar-refractivity contribution in [3.8, 4) is 0 Å². The van der Waals surface area contributed by atoms with Crippen LogP contribution in [0.15, 0.2) is 82.6 Å². The van der Waals surface area contributed by atoms with Gasteiger partial charge >= 0.3 is 0 Å². The normalized spacial score (nSPS) is 14.1. The van der Waals surface area contributed by atoms with E-state index >= 15 is 0 Å². The Bertz CT molecular complexity index is 1270. The summed E-state index contributed by atoms with van der Waals surface area (Å²) < 4.78 is 27.8. The summed E-state index contributed by atoms with van der Waals surface area (Å²) in [6.45, 7) is 4.74. The van der Waals surface area contributed by atoms with Crippen molar-refractivity contribution in [2.75, 3.05) is 48.2 Å². The molecule has 3 aromatic carbocycles. The zero-order valence-electron chi connectivity index (χ0n) is 19.7. The second-order valence-electron chi connectivity index (χ2n) is 8.15. The third-order valence-corrected chi connectivity index (χ3v) is 8.97. The molecule has 0 bridgehead atoms. The lowest BCUT2D eigenvalue weighted by Gasteiger charge is -2.36. The number of piperazine rings is 1. The van der Waals surface area contributed by atoms with Crippen LogP contribution in [0.1, 0.15) is 17.3 Å². The second-order valence-corrected chi connectivity index (χ2v) is 11.3. The standard InChI is InChI=1S/C26H28ClN3O3S2/c1-3-30(35(32,33)25-13-11-24(34-2)12-14-25)22-9-7-20(8-10-22)26(31)29-17-15-28(16-18-29)23-6-4-5-21(27)19-23/h4-14,19H,3,15-18H2,1-2H3. The average Bonchev–Trinajstić information content (AvgIpc) is 2.89. The molecular weight excluding hydrogens is 502 g/mol. The Balaban J connectivity index is 1.44. The van der Waals surface area contributed by atoms with Gasteiger partial charge in [-0.25, -0.2) is 8.42 Å². The average molecular weight is 530 g/mol. The van der Waals surface area contributed by atoms with E-state index in [2.05, 4.69) is 4.90 Å². The van der Waals surface area contributed by atoms with Crippen LogP contribution in [-0.2, 0) is 10.0 Å². The van der Waals surface area contributed by atoms with Gasteiger partial charge in [0.2, 0.25) is 0 Å². The molecule has 0 radical (unpaired) electrons. The number of anilines is 2. The number of sulfonamides is 1. The summed E-state index contributed by atoms with van der Waals surface area (Å²) in [5, 5.41) is 0.696. The number of benzene rings is 3. The number of hydrogen-bond acceptors (Lipinski definition) is 5.